The lowest BCUT2D eigenvalue weighted by atomic mass is 10.2. The first-order chi connectivity index (χ1) is 8.16. The molecule has 0 spiro atoms. The van der Waals surface area contributed by atoms with Gasteiger partial charge in [0, 0.05) is 17.6 Å². The second-order valence-electron chi connectivity index (χ2n) is 4.09. The van der Waals surface area contributed by atoms with Crippen LogP contribution in [0.15, 0.2) is 16.6 Å². The summed E-state index contributed by atoms with van der Waals surface area (Å²) in [6.45, 7) is 1.31. The Morgan fingerprint density at radius 2 is 2.06 bits per heavy atom. The number of hydrogen-bond donors (Lipinski definition) is 1. The molecule has 17 heavy (non-hydrogen) atoms. The highest BCUT2D eigenvalue weighted by Crippen LogP contribution is 2.24. The average Bonchev–Trinajstić information content (AvgIpc) is 2.74. The zero-order chi connectivity index (χ0) is 12.3. The van der Waals surface area contributed by atoms with Gasteiger partial charge in [0.15, 0.2) is 0 Å². The second-order valence-corrected chi connectivity index (χ2v) is 5.01. The fraction of sp³-hybridized carbons (Fsp3) is 0.500. The van der Waals surface area contributed by atoms with Gasteiger partial charge in [-0.15, -0.1) is 0 Å². The van der Waals surface area contributed by atoms with Gasteiger partial charge in [0.25, 0.3) is 0 Å². The van der Waals surface area contributed by atoms with E-state index in [0.29, 0.717) is 11.0 Å². The lowest BCUT2D eigenvalue weighted by molar-refractivity contribution is 0.107. The smallest absolute Gasteiger partial charge is 0.150 e. The third-order valence-corrected chi connectivity index (χ3v) is 3.26. The predicted molar refractivity (Wildman–Crippen MR) is 66.1 cm³/mol. The van der Waals surface area contributed by atoms with Crippen molar-refractivity contribution >= 4 is 21.6 Å². The van der Waals surface area contributed by atoms with Crippen LogP contribution in [-0.2, 0) is 4.74 Å². The van der Waals surface area contributed by atoms with Crippen molar-refractivity contribution in [2.45, 2.75) is 25.4 Å². The van der Waals surface area contributed by atoms with Gasteiger partial charge in [-0.05, 0) is 31.4 Å². The normalized spacial score (nSPS) is 19.6. The van der Waals surface area contributed by atoms with Crippen molar-refractivity contribution in [3.8, 4) is 0 Å². The summed E-state index contributed by atoms with van der Waals surface area (Å²) in [4.78, 5) is 0. The summed E-state index contributed by atoms with van der Waals surface area (Å²) < 4.78 is 32.7. The number of ether oxygens (including phenoxy) is 1. The van der Waals surface area contributed by atoms with Gasteiger partial charge in [0.2, 0.25) is 0 Å². The number of anilines is 1. The Hall–Kier alpha value is -0.680. The maximum atomic E-state index is 13.4. The van der Waals surface area contributed by atoms with Crippen LogP contribution < -0.4 is 5.32 Å². The monoisotopic (exact) mass is 305 g/mol. The molecule has 0 saturated carbocycles. The van der Waals surface area contributed by atoms with E-state index in [4.69, 9.17) is 4.74 Å². The summed E-state index contributed by atoms with van der Waals surface area (Å²) >= 11 is 3.04. The molecule has 0 bridgehead atoms. The maximum absolute atomic E-state index is 13.4. The van der Waals surface area contributed by atoms with Crippen molar-refractivity contribution in [1.82, 2.24) is 0 Å². The van der Waals surface area contributed by atoms with Crippen LogP contribution in [-0.4, -0.2) is 19.3 Å². The summed E-state index contributed by atoms with van der Waals surface area (Å²) in [5.74, 6) is -1.16. The van der Waals surface area contributed by atoms with Crippen LogP contribution in [0, 0.1) is 11.6 Å². The van der Waals surface area contributed by atoms with E-state index in [1.54, 1.807) is 0 Å². The molecule has 1 atom stereocenters. The van der Waals surface area contributed by atoms with Crippen molar-refractivity contribution in [2.24, 2.45) is 0 Å². The first-order valence-electron chi connectivity index (χ1n) is 5.67. The topological polar surface area (TPSA) is 21.3 Å². The van der Waals surface area contributed by atoms with Crippen molar-refractivity contribution in [3.63, 3.8) is 0 Å². The van der Waals surface area contributed by atoms with Crippen LogP contribution in [0.25, 0.3) is 0 Å². The van der Waals surface area contributed by atoms with E-state index in [2.05, 4.69) is 21.2 Å². The van der Waals surface area contributed by atoms with Crippen molar-refractivity contribution < 1.29 is 13.5 Å². The van der Waals surface area contributed by atoms with Gasteiger partial charge < -0.3 is 10.1 Å². The number of benzene rings is 1. The van der Waals surface area contributed by atoms with E-state index in [1.807, 2.05) is 0 Å². The van der Waals surface area contributed by atoms with Crippen molar-refractivity contribution in [1.29, 1.82) is 0 Å². The zero-order valence-electron chi connectivity index (χ0n) is 9.31. The van der Waals surface area contributed by atoms with Crippen molar-refractivity contribution in [3.05, 3.63) is 28.2 Å². The van der Waals surface area contributed by atoms with E-state index in [9.17, 15) is 8.78 Å². The highest BCUT2D eigenvalue weighted by atomic mass is 79.9. The largest absolute Gasteiger partial charge is 0.380 e. The van der Waals surface area contributed by atoms with Crippen LogP contribution in [0.4, 0.5) is 14.5 Å². The van der Waals surface area contributed by atoms with Gasteiger partial charge in [0.1, 0.15) is 17.3 Å². The quantitative estimate of drug-likeness (QED) is 0.915. The molecule has 0 amide bonds. The summed E-state index contributed by atoms with van der Waals surface area (Å²) in [7, 11) is 0. The van der Waals surface area contributed by atoms with E-state index in [0.717, 1.165) is 25.9 Å². The van der Waals surface area contributed by atoms with Gasteiger partial charge in [-0.2, -0.15) is 0 Å². The second kappa shape index (κ2) is 5.78. The fourth-order valence-corrected chi connectivity index (χ4v) is 2.34. The Bertz CT molecular complexity index is 371. The first-order valence-corrected chi connectivity index (χ1v) is 6.46. The molecule has 1 aromatic rings. The Morgan fingerprint density at radius 3 is 2.65 bits per heavy atom. The summed E-state index contributed by atoms with van der Waals surface area (Å²) in [6.07, 6.45) is 3.11. The minimum atomic E-state index is -0.579. The molecular formula is C12H14BrF2NO. The molecule has 1 aliphatic rings. The molecule has 1 heterocycles. The van der Waals surface area contributed by atoms with Gasteiger partial charge in [-0.25, -0.2) is 8.78 Å². The van der Waals surface area contributed by atoms with Gasteiger partial charge in [-0.3, -0.25) is 0 Å². The molecule has 94 valence electrons. The maximum Gasteiger partial charge on any atom is 0.150 e. The lowest BCUT2D eigenvalue weighted by Gasteiger charge is -2.12. The molecule has 1 N–H and O–H groups in total. The highest BCUT2D eigenvalue weighted by Gasteiger charge is 2.16. The molecule has 2 rings (SSSR count). The zero-order valence-corrected chi connectivity index (χ0v) is 10.9. The third-order valence-electron chi connectivity index (χ3n) is 2.80. The number of nitrogens with one attached hydrogen (secondary N) is 1. The Labute approximate surface area is 107 Å². The van der Waals surface area contributed by atoms with E-state index >= 15 is 0 Å². The molecular weight excluding hydrogens is 292 g/mol. The Kier molecular flexibility index (Phi) is 4.34. The summed E-state index contributed by atoms with van der Waals surface area (Å²) in [5.41, 5.74) is -0.0637. The Balaban J connectivity index is 1.89. The average molecular weight is 306 g/mol. The standard InChI is InChI=1S/C12H14BrF2NO/c13-8-6-10(14)12(11(15)7-8)16-4-3-9-2-1-5-17-9/h6-7,9,16H,1-5H2. The van der Waals surface area contributed by atoms with Gasteiger partial charge >= 0.3 is 0 Å². The molecule has 2 nitrogen and oxygen atoms in total. The third kappa shape index (κ3) is 3.39. The van der Waals surface area contributed by atoms with Crippen LogP contribution in [0.3, 0.4) is 0 Å². The molecule has 0 aromatic heterocycles. The van der Waals surface area contributed by atoms with Crippen LogP contribution in [0.5, 0.6) is 0 Å². The van der Waals surface area contributed by atoms with Crippen LogP contribution >= 0.6 is 15.9 Å². The number of hydrogen-bond acceptors (Lipinski definition) is 2. The fourth-order valence-electron chi connectivity index (χ4n) is 1.94. The number of halogens is 3. The highest BCUT2D eigenvalue weighted by molar-refractivity contribution is 9.10. The molecule has 1 unspecified atom stereocenters. The molecule has 1 aromatic carbocycles. The SMILES string of the molecule is Fc1cc(Br)cc(F)c1NCCC1CCCO1. The molecule has 1 saturated heterocycles. The van der Waals surface area contributed by atoms with Crippen LogP contribution in [0.1, 0.15) is 19.3 Å². The molecule has 1 aliphatic heterocycles. The van der Waals surface area contributed by atoms with E-state index in [-0.39, 0.29) is 11.8 Å². The van der Waals surface area contributed by atoms with E-state index in [1.165, 1.54) is 12.1 Å². The minimum absolute atomic E-state index is 0.0637. The molecule has 0 aliphatic carbocycles. The molecule has 0 radical (unpaired) electrons. The minimum Gasteiger partial charge on any atom is -0.380 e. The number of rotatable bonds is 4. The molecule has 1 fully saturated rings. The Morgan fingerprint density at radius 1 is 1.35 bits per heavy atom. The van der Waals surface area contributed by atoms with Crippen molar-refractivity contribution in [2.75, 3.05) is 18.5 Å². The van der Waals surface area contributed by atoms with Gasteiger partial charge in [0.05, 0.1) is 6.10 Å². The first kappa shape index (κ1) is 12.8. The summed E-state index contributed by atoms with van der Waals surface area (Å²) in [6, 6.07) is 2.50. The molecule has 5 heteroatoms. The summed E-state index contributed by atoms with van der Waals surface area (Å²) in [5, 5.41) is 2.78. The van der Waals surface area contributed by atoms with Crippen LogP contribution in [0.2, 0.25) is 0 Å². The lowest BCUT2D eigenvalue weighted by Crippen LogP contribution is -2.13. The predicted octanol–water partition coefficient (Wildman–Crippen LogP) is 3.71. The van der Waals surface area contributed by atoms with Gasteiger partial charge in [-0.1, -0.05) is 15.9 Å². The van der Waals surface area contributed by atoms with E-state index < -0.39 is 11.6 Å².